The van der Waals surface area contributed by atoms with Crippen molar-refractivity contribution in [1.29, 1.82) is 0 Å². The largest absolute Gasteiger partial charge is 0.507 e. The van der Waals surface area contributed by atoms with E-state index in [0.717, 1.165) is 40.2 Å². The molecule has 0 radical (unpaired) electrons. The Morgan fingerprint density at radius 2 is 1.82 bits per heavy atom. The Morgan fingerprint density at radius 3 is 2.50 bits per heavy atom. The SMILES string of the molecule is CCCCCCC(C)(C)c1cc(O)c2c(c1)OC(C)(C)c1ccc(OC)cc1-2. The number of unbranched alkanes of at least 4 members (excludes halogenated alkanes) is 3. The van der Waals surface area contributed by atoms with Crippen LogP contribution in [0.4, 0.5) is 0 Å². The van der Waals surface area contributed by atoms with Gasteiger partial charge in [0.05, 0.1) is 12.7 Å². The van der Waals surface area contributed by atoms with Crippen LogP contribution in [0.3, 0.4) is 0 Å². The molecule has 28 heavy (non-hydrogen) atoms. The number of phenolic OH excluding ortho intramolecular Hbond substituents is 1. The molecule has 1 heterocycles. The quantitative estimate of drug-likeness (QED) is 0.527. The number of hydrogen-bond donors (Lipinski definition) is 1. The number of benzene rings is 2. The lowest BCUT2D eigenvalue weighted by Gasteiger charge is -2.36. The van der Waals surface area contributed by atoms with Crippen molar-refractivity contribution in [3.8, 4) is 28.4 Å². The van der Waals surface area contributed by atoms with Gasteiger partial charge in [0, 0.05) is 5.56 Å². The standard InChI is InChI=1S/C25H34O3/c1-7-8-9-10-13-24(2,3)17-14-21(26)23-19-16-18(27-6)11-12-20(19)25(4,5)28-22(23)15-17/h11-12,14-16,26H,7-10,13H2,1-6H3. The summed E-state index contributed by atoms with van der Waals surface area (Å²) in [4.78, 5) is 0. The van der Waals surface area contributed by atoms with Gasteiger partial charge < -0.3 is 14.6 Å². The number of aromatic hydroxyl groups is 1. The maximum absolute atomic E-state index is 11.0. The minimum atomic E-state index is -0.467. The molecule has 2 aromatic carbocycles. The van der Waals surface area contributed by atoms with E-state index in [1.165, 1.54) is 25.7 Å². The molecule has 2 aromatic rings. The lowest BCUT2D eigenvalue weighted by molar-refractivity contribution is 0.105. The molecular weight excluding hydrogens is 348 g/mol. The summed E-state index contributed by atoms with van der Waals surface area (Å²) in [5.41, 5.74) is 3.45. The molecule has 3 heteroatoms. The van der Waals surface area contributed by atoms with Crippen LogP contribution < -0.4 is 9.47 Å². The van der Waals surface area contributed by atoms with Crippen molar-refractivity contribution in [1.82, 2.24) is 0 Å². The Hall–Kier alpha value is -2.16. The van der Waals surface area contributed by atoms with Gasteiger partial charge in [0.1, 0.15) is 22.8 Å². The maximum Gasteiger partial charge on any atom is 0.132 e. The summed E-state index contributed by atoms with van der Waals surface area (Å²) in [5.74, 6) is 1.81. The second-order valence-corrected chi connectivity index (χ2v) is 9.09. The smallest absolute Gasteiger partial charge is 0.132 e. The molecule has 1 N–H and O–H groups in total. The zero-order valence-electron chi connectivity index (χ0n) is 18.2. The van der Waals surface area contributed by atoms with Crippen LogP contribution in [0, 0.1) is 0 Å². The summed E-state index contributed by atoms with van der Waals surface area (Å²) in [7, 11) is 1.66. The van der Waals surface area contributed by atoms with E-state index >= 15 is 0 Å². The number of fused-ring (bicyclic) bond motifs is 3. The van der Waals surface area contributed by atoms with E-state index in [2.05, 4.69) is 40.7 Å². The highest BCUT2D eigenvalue weighted by Gasteiger charge is 2.35. The molecule has 1 aliphatic rings. The molecule has 152 valence electrons. The topological polar surface area (TPSA) is 38.7 Å². The first-order valence-electron chi connectivity index (χ1n) is 10.4. The first-order chi connectivity index (χ1) is 13.2. The van der Waals surface area contributed by atoms with Gasteiger partial charge in [-0.3, -0.25) is 0 Å². The summed E-state index contributed by atoms with van der Waals surface area (Å²) in [6, 6.07) is 10.0. The molecule has 0 aromatic heterocycles. The molecule has 0 aliphatic carbocycles. The van der Waals surface area contributed by atoms with Crippen LogP contribution in [0.2, 0.25) is 0 Å². The summed E-state index contributed by atoms with van der Waals surface area (Å²) in [5, 5.41) is 11.0. The van der Waals surface area contributed by atoms with Gasteiger partial charge in [0.2, 0.25) is 0 Å². The van der Waals surface area contributed by atoms with E-state index in [4.69, 9.17) is 9.47 Å². The molecule has 3 rings (SSSR count). The fourth-order valence-electron chi connectivity index (χ4n) is 4.19. The zero-order chi connectivity index (χ0) is 20.5. The maximum atomic E-state index is 11.0. The zero-order valence-corrected chi connectivity index (χ0v) is 18.2. The number of rotatable bonds is 7. The Morgan fingerprint density at radius 1 is 1.07 bits per heavy atom. The van der Waals surface area contributed by atoms with E-state index in [1.807, 2.05) is 24.3 Å². The van der Waals surface area contributed by atoms with Crippen LogP contribution in [0.25, 0.3) is 11.1 Å². The lowest BCUT2D eigenvalue weighted by Crippen LogP contribution is -2.29. The van der Waals surface area contributed by atoms with E-state index in [9.17, 15) is 5.11 Å². The summed E-state index contributed by atoms with van der Waals surface area (Å²) >= 11 is 0. The predicted octanol–water partition coefficient (Wildman–Crippen LogP) is 6.94. The summed E-state index contributed by atoms with van der Waals surface area (Å²) < 4.78 is 11.8. The van der Waals surface area contributed by atoms with E-state index in [0.29, 0.717) is 0 Å². The van der Waals surface area contributed by atoms with Gasteiger partial charge in [0.15, 0.2) is 0 Å². The van der Waals surface area contributed by atoms with E-state index in [1.54, 1.807) is 7.11 Å². The predicted molar refractivity (Wildman–Crippen MR) is 116 cm³/mol. The van der Waals surface area contributed by atoms with Crippen LogP contribution in [-0.2, 0) is 11.0 Å². The first kappa shape index (κ1) is 20.6. The lowest BCUT2D eigenvalue weighted by atomic mass is 9.78. The molecule has 3 nitrogen and oxygen atoms in total. The molecule has 0 unspecified atom stereocenters. The van der Waals surface area contributed by atoms with Crippen molar-refractivity contribution in [3.63, 3.8) is 0 Å². The number of ether oxygens (including phenoxy) is 2. The van der Waals surface area contributed by atoms with Gasteiger partial charge in [-0.15, -0.1) is 0 Å². The van der Waals surface area contributed by atoms with E-state index in [-0.39, 0.29) is 11.2 Å². The molecule has 1 aliphatic heterocycles. The highest BCUT2D eigenvalue weighted by molar-refractivity contribution is 5.83. The molecule has 0 spiro atoms. The third-order valence-corrected chi connectivity index (χ3v) is 6.03. The number of phenols is 1. The molecule has 0 bridgehead atoms. The van der Waals surface area contributed by atoms with Crippen LogP contribution >= 0.6 is 0 Å². The minimum Gasteiger partial charge on any atom is -0.507 e. The fraction of sp³-hybridized carbons (Fsp3) is 0.520. The van der Waals surface area contributed by atoms with Gasteiger partial charge in [-0.05, 0) is 61.1 Å². The van der Waals surface area contributed by atoms with Crippen LogP contribution in [0.1, 0.15) is 77.8 Å². The summed E-state index contributed by atoms with van der Waals surface area (Å²) in [6.07, 6.45) is 6.07. The Labute approximate surface area is 169 Å². The molecule has 0 fully saturated rings. The first-order valence-corrected chi connectivity index (χ1v) is 10.4. The molecule has 0 saturated carbocycles. The number of hydrogen-bond acceptors (Lipinski definition) is 3. The van der Waals surface area contributed by atoms with Crippen molar-refractivity contribution < 1.29 is 14.6 Å². The minimum absolute atomic E-state index is 0.0115. The Balaban J connectivity index is 2.03. The van der Waals surface area contributed by atoms with Crippen LogP contribution in [-0.4, -0.2) is 12.2 Å². The van der Waals surface area contributed by atoms with Gasteiger partial charge in [-0.25, -0.2) is 0 Å². The van der Waals surface area contributed by atoms with Crippen LogP contribution in [0.15, 0.2) is 30.3 Å². The van der Waals surface area contributed by atoms with Crippen molar-refractivity contribution in [2.45, 2.75) is 77.7 Å². The van der Waals surface area contributed by atoms with Gasteiger partial charge in [-0.1, -0.05) is 52.5 Å². The monoisotopic (exact) mass is 382 g/mol. The third-order valence-electron chi connectivity index (χ3n) is 6.03. The van der Waals surface area contributed by atoms with Gasteiger partial charge in [-0.2, -0.15) is 0 Å². The Kier molecular flexibility index (Phi) is 5.65. The Bertz CT molecular complexity index is 849. The summed E-state index contributed by atoms with van der Waals surface area (Å²) in [6.45, 7) is 10.9. The highest BCUT2D eigenvalue weighted by Crippen LogP contribution is 2.51. The van der Waals surface area contributed by atoms with Gasteiger partial charge >= 0.3 is 0 Å². The van der Waals surface area contributed by atoms with Crippen molar-refractivity contribution >= 4 is 0 Å². The average Bonchev–Trinajstić information content (AvgIpc) is 2.63. The second-order valence-electron chi connectivity index (χ2n) is 9.09. The van der Waals surface area contributed by atoms with Crippen molar-refractivity contribution in [2.24, 2.45) is 0 Å². The van der Waals surface area contributed by atoms with E-state index < -0.39 is 5.60 Å². The highest BCUT2D eigenvalue weighted by atomic mass is 16.5. The molecule has 0 atom stereocenters. The fourth-order valence-corrected chi connectivity index (χ4v) is 4.19. The normalized spacial score (nSPS) is 14.8. The van der Waals surface area contributed by atoms with Crippen molar-refractivity contribution in [2.75, 3.05) is 7.11 Å². The molecular formula is C25H34O3. The van der Waals surface area contributed by atoms with Gasteiger partial charge in [0.25, 0.3) is 0 Å². The molecule has 0 amide bonds. The van der Waals surface area contributed by atoms with Crippen molar-refractivity contribution in [3.05, 3.63) is 41.5 Å². The number of methoxy groups -OCH3 is 1. The average molecular weight is 383 g/mol. The third kappa shape index (κ3) is 3.85. The second kappa shape index (κ2) is 7.69. The van der Waals surface area contributed by atoms with Crippen LogP contribution in [0.5, 0.6) is 17.2 Å². The molecule has 0 saturated heterocycles.